The van der Waals surface area contributed by atoms with E-state index < -0.39 is 7.26 Å². The van der Waals surface area contributed by atoms with Crippen LogP contribution in [0.15, 0.2) is 126 Å². The molecule has 0 fully saturated rings. The molecular weight excluding hydrogens is 467 g/mol. The van der Waals surface area contributed by atoms with E-state index in [1.165, 1.54) is 20.8 Å². The van der Waals surface area contributed by atoms with E-state index >= 15 is 0 Å². The molecule has 0 spiro atoms. The highest BCUT2D eigenvalue weighted by molar-refractivity contribution is 8.02. The van der Waals surface area contributed by atoms with Crippen molar-refractivity contribution in [1.82, 2.24) is 0 Å². The van der Waals surface area contributed by atoms with Crippen molar-refractivity contribution in [3.8, 4) is 0 Å². The molecule has 3 heteroatoms. The lowest BCUT2D eigenvalue weighted by molar-refractivity contribution is -0.00000561. The molecule has 4 aromatic carbocycles. The van der Waals surface area contributed by atoms with E-state index in [9.17, 15) is 0 Å². The van der Waals surface area contributed by atoms with E-state index in [0.29, 0.717) is 5.25 Å². The highest BCUT2D eigenvalue weighted by Crippen LogP contribution is 2.57. The van der Waals surface area contributed by atoms with Gasteiger partial charge in [0.25, 0.3) is 0 Å². The molecule has 0 saturated carbocycles. The Balaban J connectivity index is 0.00000256. The van der Waals surface area contributed by atoms with Gasteiger partial charge in [0.2, 0.25) is 0 Å². The number of benzene rings is 4. The van der Waals surface area contributed by atoms with Crippen LogP contribution in [0.2, 0.25) is 0 Å². The lowest BCUT2D eigenvalue weighted by Gasteiger charge is -2.30. The molecule has 152 valence electrons. The van der Waals surface area contributed by atoms with Crippen LogP contribution in [0.5, 0.6) is 0 Å². The van der Waals surface area contributed by atoms with E-state index in [-0.39, 0.29) is 17.0 Å². The Bertz CT molecular complexity index is 911. The Morgan fingerprint density at radius 3 is 1.27 bits per heavy atom. The van der Waals surface area contributed by atoms with Crippen molar-refractivity contribution in [3.63, 3.8) is 0 Å². The molecule has 0 nitrogen and oxygen atoms in total. The second-order valence-corrected chi connectivity index (χ2v) is 12.3. The molecule has 0 N–H and O–H groups in total. The fourth-order valence-electron chi connectivity index (χ4n) is 3.97. The van der Waals surface area contributed by atoms with E-state index in [0.717, 1.165) is 6.16 Å². The summed E-state index contributed by atoms with van der Waals surface area (Å²) in [5.41, 5.74) is 0. The highest BCUT2D eigenvalue weighted by Gasteiger charge is 2.46. The predicted octanol–water partition coefficient (Wildman–Crippen LogP) is 3.17. The van der Waals surface area contributed by atoms with E-state index in [4.69, 9.17) is 0 Å². The van der Waals surface area contributed by atoms with Gasteiger partial charge < -0.3 is 17.0 Å². The maximum Gasteiger partial charge on any atom is 0.113 e. The van der Waals surface area contributed by atoms with Gasteiger partial charge in [0.15, 0.2) is 0 Å². The summed E-state index contributed by atoms with van der Waals surface area (Å²) in [6.45, 7) is 2.38. The van der Waals surface area contributed by atoms with Crippen molar-refractivity contribution >= 4 is 34.9 Å². The molecule has 0 aromatic heterocycles. The van der Waals surface area contributed by atoms with Crippen LogP contribution >= 0.6 is 19.0 Å². The van der Waals surface area contributed by atoms with Gasteiger partial charge in [-0.3, -0.25) is 0 Å². The molecule has 0 aliphatic carbocycles. The molecule has 30 heavy (non-hydrogen) atoms. The number of rotatable bonds is 7. The van der Waals surface area contributed by atoms with Gasteiger partial charge in [-0.15, -0.1) is 11.8 Å². The summed E-state index contributed by atoms with van der Waals surface area (Å²) in [6.07, 6.45) is 1.13. The van der Waals surface area contributed by atoms with Crippen LogP contribution < -0.4 is 32.9 Å². The molecule has 0 amide bonds. The van der Waals surface area contributed by atoms with Crippen LogP contribution in [0.4, 0.5) is 0 Å². The standard InChI is InChI=1S/C27H26PS.BrH/c1-23(29-27-20-12-5-13-21-27)22-28(24-14-6-2-7-15-24,25-16-8-3-9-17-25)26-18-10-4-11-19-26;/h2-21,23H,22H2,1H3;1H/q+1;/p-1. The number of hydrogen-bond acceptors (Lipinski definition) is 1. The first-order valence-electron chi connectivity index (χ1n) is 10.1. The molecule has 1 unspecified atom stereocenters. The molecular formula is C27H26BrPS. The molecule has 0 radical (unpaired) electrons. The number of thioether (sulfide) groups is 1. The fourth-order valence-corrected chi connectivity index (χ4v) is 10.1. The van der Waals surface area contributed by atoms with Crippen molar-refractivity contribution in [1.29, 1.82) is 0 Å². The van der Waals surface area contributed by atoms with Crippen molar-refractivity contribution in [2.75, 3.05) is 6.16 Å². The SMILES string of the molecule is CC(C[P+](c1ccccc1)(c1ccccc1)c1ccccc1)Sc1ccccc1.[Br-]. The Morgan fingerprint density at radius 2 is 0.900 bits per heavy atom. The topological polar surface area (TPSA) is 0 Å². The second kappa shape index (κ2) is 11.0. The summed E-state index contributed by atoms with van der Waals surface area (Å²) in [4.78, 5) is 1.34. The lowest BCUT2D eigenvalue weighted by Crippen LogP contribution is -3.00. The summed E-state index contributed by atoms with van der Waals surface area (Å²) >= 11 is 1.98. The van der Waals surface area contributed by atoms with E-state index in [1.54, 1.807) is 0 Å². The van der Waals surface area contributed by atoms with Gasteiger partial charge in [-0.1, -0.05) is 72.8 Å². The van der Waals surface area contributed by atoms with Gasteiger partial charge in [-0.2, -0.15) is 0 Å². The summed E-state index contributed by atoms with van der Waals surface area (Å²) in [7, 11) is -1.77. The summed E-state index contributed by atoms with van der Waals surface area (Å²) in [6, 6.07) is 44.2. The average Bonchev–Trinajstić information content (AvgIpc) is 2.80. The lowest BCUT2D eigenvalue weighted by atomic mass is 10.4. The van der Waals surface area contributed by atoms with Gasteiger partial charge >= 0.3 is 0 Å². The molecule has 4 rings (SSSR count). The third kappa shape index (κ3) is 5.06. The van der Waals surface area contributed by atoms with Gasteiger partial charge in [-0.05, 0) is 55.5 Å². The number of hydrogen-bond donors (Lipinski definition) is 0. The Morgan fingerprint density at radius 1 is 0.567 bits per heavy atom. The maximum absolute atomic E-state index is 2.38. The van der Waals surface area contributed by atoms with Crippen LogP contribution in [-0.2, 0) is 0 Å². The summed E-state index contributed by atoms with van der Waals surface area (Å²) in [5.74, 6) is 0. The zero-order valence-corrected chi connectivity index (χ0v) is 20.4. The second-order valence-electron chi connectivity index (χ2n) is 7.24. The van der Waals surface area contributed by atoms with Gasteiger partial charge in [0, 0.05) is 10.1 Å². The monoisotopic (exact) mass is 492 g/mol. The molecule has 0 heterocycles. The van der Waals surface area contributed by atoms with Gasteiger partial charge in [0.1, 0.15) is 23.2 Å². The van der Waals surface area contributed by atoms with Crippen molar-refractivity contribution in [2.45, 2.75) is 17.1 Å². The molecule has 1 atom stereocenters. The predicted molar refractivity (Wildman–Crippen MR) is 132 cm³/mol. The zero-order chi connectivity index (χ0) is 19.9. The van der Waals surface area contributed by atoms with Gasteiger partial charge in [0.05, 0.1) is 6.16 Å². The third-order valence-corrected chi connectivity index (χ3v) is 11.2. The smallest absolute Gasteiger partial charge is 0.113 e. The molecule has 0 aliphatic rings. The quantitative estimate of drug-likeness (QED) is 0.282. The third-order valence-electron chi connectivity index (χ3n) is 5.20. The molecule has 0 aliphatic heterocycles. The van der Waals surface area contributed by atoms with Crippen molar-refractivity contribution in [3.05, 3.63) is 121 Å². The Kier molecular flexibility index (Phi) is 8.33. The Labute approximate surface area is 195 Å². The molecule has 0 saturated heterocycles. The number of halogens is 1. The molecule has 4 aromatic rings. The largest absolute Gasteiger partial charge is 1.00 e. The van der Waals surface area contributed by atoms with Crippen LogP contribution in [0, 0.1) is 0 Å². The molecule has 0 bridgehead atoms. The highest BCUT2D eigenvalue weighted by atomic mass is 79.9. The minimum Gasteiger partial charge on any atom is -1.00 e. The fraction of sp³-hybridized carbons (Fsp3) is 0.111. The van der Waals surface area contributed by atoms with Crippen molar-refractivity contribution in [2.24, 2.45) is 0 Å². The summed E-state index contributed by atoms with van der Waals surface area (Å²) in [5, 5.41) is 4.86. The Hall–Kier alpha value is -1.86. The first-order valence-corrected chi connectivity index (χ1v) is 12.9. The zero-order valence-electron chi connectivity index (χ0n) is 17.1. The minimum atomic E-state index is -1.77. The first-order chi connectivity index (χ1) is 14.3. The minimum absolute atomic E-state index is 0. The normalized spacial score (nSPS) is 12.0. The first kappa shape index (κ1) is 22.8. The maximum atomic E-state index is 2.38. The van der Waals surface area contributed by atoms with Gasteiger partial charge in [-0.25, -0.2) is 0 Å². The van der Waals surface area contributed by atoms with E-state index in [1.807, 2.05) is 11.8 Å². The van der Waals surface area contributed by atoms with Crippen LogP contribution in [-0.4, -0.2) is 11.4 Å². The van der Waals surface area contributed by atoms with Crippen LogP contribution in [0.3, 0.4) is 0 Å². The van der Waals surface area contributed by atoms with Crippen LogP contribution in [0.25, 0.3) is 0 Å². The average molecular weight is 493 g/mol. The van der Waals surface area contributed by atoms with Crippen LogP contribution in [0.1, 0.15) is 6.92 Å². The summed E-state index contributed by atoms with van der Waals surface area (Å²) < 4.78 is 0. The van der Waals surface area contributed by atoms with Crippen molar-refractivity contribution < 1.29 is 17.0 Å². The van der Waals surface area contributed by atoms with E-state index in [2.05, 4.69) is 128 Å².